The highest BCUT2D eigenvalue weighted by molar-refractivity contribution is 7.92. The number of carbonyl (C=O) groups excluding carboxylic acids is 2. The molecule has 34 heavy (non-hydrogen) atoms. The molecule has 1 unspecified atom stereocenters. The molecule has 7 nitrogen and oxygen atoms in total. The smallest absolute Gasteiger partial charge is 0.244 e. The molecule has 0 heterocycles. The number of rotatable bonds is 9. The molecule has 2 rings (SSSR count). The van der Waals surface area contributed by atoms with Gasteiger partial charge in [-0.05, 0) is 63.1 Å². The first-order valence-corrected chi connectivity index (χ1v) is 13.0. The molecule has 0 saturated carbocycles. The molecule has 0 spiro atoms. The molecule has 10 heteroatoms. The molecule has 2 aromatic rings. The molecule has 2 aromatic carbocycles. The standard InChI is InChI=1S/C24H31ClFN3O4S/c1-6-21(23(31)27-24(2,3)4)28(15-17-10-12-18(25)13-11-17)22(30)16-29(34(5,32)33)20-9-7-8-19(26)14-20/h7-14,21H,6,15-16H2,1-5H3,(H,27,31). The van der Waals surface area contributed by atoms with E-state index < -0.39 is 39.9 Å². The van der Waals surface area contributed by atoms with Gasteiger partial charge in [-0.3, -0.25) is 13.9 Å². The van der Waals surface area contributed by atoms with Gasteiger partial charge in [-0.25, -0.2) is 12.8 Å². The van der Waals surface area contributed by atoms with Crippen molar-refractivity contribution in [2.75, 3.05) is 17.1 Å². The van der Waals surface area contributed by atoms with Crippen LogP contribution in [0, 0.1) is 5.82 Å². The van der Waals surface area contributed by atoms with Crippen LogP contribution in [0.5, 0.6) is 0 Å². The third-order valence-electron chi connectivity index (χ3n) is 4.93. The van der Waals surface area contributed by atoms with E-state index in [2.05, 4.69) is 5.32 Å². The number of sulfonamides is 1. The average molecular weight is 512 g/mol. The Morgan fingerprint density at radius 1 is 1.12 bits per heavy atom. The van der Waals surface area contributed by atoms with Crippen LogP contribution in [-0.2, 0) is 26.2 Å². The topological polar surface area (TPSA) is 86.8 Å². The van der Waals surface area contributed by atoms with E-state index in [1.807, 2.05) is 20.8 Å². The highest BCUT2D eigenvalue weighted by atomic mass is 35.5. The van der Waals surface area contributed by atoms with E-state index >= 15 is 0 Å². The summed E-state index contributed by atoms with van der Waals surface area (Å²) < 4.78 is 39.6. The minimum absolute atomic E-state index is 0.0227. The van der Waals surface area contributed by atoms with Crippen LogP contribution >= 0.6 is 11.6 Å². The highest BCUT2D eigenvalue weighted by Crippen LogP contribution is 2.21. The Kier molecular flexibility index (Phi) is 9.08. The van der Waals surface area contributed by atoms with Gasteiger partial charge in [0.2, 0.25) is 21.8 Å². The molecule has 0 bridgehead atoms. The summed E-state index contributed by atoms with van der Waals surface area (Å²) in [5, 5.41) is 3.41. The van der Waals surface area contributed by atoms with Crippen LogP contribution in [0.15, 0.2) is 48.5 Å². The second-order valence-electron chi connectivity index (χ2n) is 9.06. The summed E-state index contributed by atoms with van der Waals surface area (Å²) in [5.74, 6) is -1.58. The van der Waals surface area contributed by atoms with Crippen LogP contribution in [-0.4, -0.2) is 49.5 Å². The van der Waals surface area contributed by atoms with Gasteiger partial charge in [0, 0.05) is 17.1 Å². The number of amides is 2. The van der Waals surface area contributed by atoms with Crippen molar-refractivity contribution in [2.45, 2.75) is 52.2 Å². The van der Waals surface area contributed by atoms with E-state index in [-0.39, 0.29) is 18.1 Å². The molecular formula is C24H31ClFN3O4S. The number of anilines is 1. The minimum Gasteiger partial charge on any atom is -0.350 e. The lowest BCUT2D eigenvalue weighted by Gasteiger charge is -2.34. The second kappa shape index (κ2) is 11.2. The quantitative estimate of drug-likeness (QED) is 0.552. The van der Waals surface area contributed by atoms with Crippen molar-refractivity contribution >= 4 is 39.1 Å². The van der Waals surface area contributed by atoms with Crippen LogP contribution in [0.2, 0.25) is 5.02 Å². The SMILES string of the molecule is CCC(C(=O)NC(C)(C)C)N(Cc1ccc(Cl)cc1)C(=O)CN(c1cccc(F)c1)S(C)(=O)=O. The van der Waals surface area contributed by atoms with Gasteiger partial charge in [0.1, 0.15) is 18.4 Å². The van der Waals surface area contributed by atoms with Crippen LogP contribution < -0.4 is 9.62 Å². The van der Waals surface area contributed by atoms with E-state index in [1.165, 1.54) is 23.1 Å². The van der Waals surface area contributed by atoms with Crippen LogP contribution in [0.1, 0.15) is 39.7 Å². The zero-order valence-corrected chi connectivity index (χ0v) is 21.6. The predicted molar refractivity (Wildman–Crippen MR) is 133 cm³/mol. The first kappa shape index (κ1) is 27.6. The zero-order valence-electron chi connectivity index (χ0n) is 20.0. The average Bonchev–Trinajstić information content (AvgIpc) is 2.71. The van der Waals surface area contributed by atoms with Gasteiger partial charge >= 0.3 is 0 Å². The van der Waals surface area contributed by atoms with Gasteiger partial charge in [0.15, 0.2) is 0 Å². The van der Waals surface area contributed by atoms with Gasteiger partial charge in [-0.1, -0.05) is 36.7 Å². The van der Waals surface area contributed by atoms with Crippen LogP contribution in [0.25, 0.3) is 0 Å². The third-order valence-corrected chi connectivity index (χ3v) is 6.32. The van der Waals surface area contributed by atoms with Crippen LogP contribution in [0.3, 0.4) is 0 Å². The lowest BCUT2D eigenvalue weighted by atomic mass is 10.1. The van der Waals surface area contributed by atoms with E-state index in [9.17, 15) is 22.4 Å². The highest BCUT2D eigenvalue weighted by Gasteiger charge is 2.33. The number of hydrogen-bond acceptors (Lipinski definition) is 4. The molecule has 0 aromatic heterocycles. The summed E-state index contributed by atoms with van der Waals surface area (Å²) in [4.78, 5) is 27.9. The zero-order chi connectivity index (χ0) is 25.7. The molecule has 0 radical (unpaired) electrons. The van der Waals surface area contributed by atoms with Crippen LogP contribution in [0.4, 0.5) is 10.1 Å². The van der Waals surface area contributed by atoms with E-state index in [1.54, 1.807) is 31.2 Å². The fraction of sp³-hybridized carbons (Fsp3) is 0.417. The van der Waals surface area contributed by atoms with Crippen molar-refractivity contribution in [3.8, 4) is 0 Å². The summed E-state index contributed by atoms with van der Waals surface area (Å²) in [5.41, 5.74) is 0.214. The molecular weight excluding hydrogens is 481 g/mol. The first-order chi connectivity index (χ1) is 15.7. The normalized spacial score (nSPS) is 12.7. The summed E-state index contributed by atoms with van der Waals surface area (Å²) in [6.45, 7) is 6.74. The Morgan fingerprint density at radius 3 is 2.24 bits per heavy atom. The number of carbonyl (C=O) groups is 2. The lowest BCUT2D eigenvalue weighted by Crippen LogP contribution is -2.55. The Morgan fingerprint density at radius 2 is 1.74 bits per heavy atom. The Labute approximate surface area is 205 Å². The largest absolute Gasteiger partial charge is 0.350 e. The molecule has 1 atom stereocenters. The van der Waals surface area contributed by atoms with Gasteiger partial charge < -0.3 is 10.2 Å². The van der Waals surface area contributed by atoms with Gasteiger partial charge in [-0.2, -0.15) is 0 Å². The summed E-state index contributed by atoms with van der Waals surface area (Å²) in [6.07, 6.45) is 1.25. The monoisotopic (exact) mass is 511 g/mol. The number of halogens is 2. The van der Waals surface area contributed by atoms with Crippen molar-refractivity contribution < 1.29 is 22.4 Å². The Hall–Kier alpha value is -2.65. The number of benzene rings is 2. The lowest BCUT2D eigenvalue weighted by molar-refractivity contribution is -0.141. The van der Waals surface area contributed by atoms with E-state index in [0.29, 0.717) is 11.4 Å². The number of nitrogens with zero attached hydrogens (tertiary/aromatic N) is 2. The van der Waals surface area contributed by atoms with Gasteiger partial charge in [0.25, 0.3) is 0 Å². The molecule has 0 saturated heterocycles. The van der Waals surface area contributed by atoms with Crippen molar-refractivity contribution in [1.82, 2.24) is 10.2 Å². The molecule has 2 amide bonds. The fourth-order valence-electron chi connectivity index (χ4n) is 3.40. The molecule has 0 aliphatic rings. The first-order valence-electron chi connectivity index (χ1n) is 10.8. The second-order valence-corrected chi connectivity index (χ2v) is 11.4. The molecule has 0 fully saturated rings. The third kappa shape index (κ3) is 7.99. The van der Waals surface area contributed by atoms with E-state index in [0.717, 1.165) is 22.2 Å². The van der Waals surface area contributed by atoms with Crippen molar-refractivity contribution in [3.63, 3.8) is 0 Å². The predicted octanol–water partition coefficient (Wildman–Crippen LogP) is 3.97. The van der Waals surface area contributed by atoms with Gasteiger partial charge in [-0.15, -0.1) is 0 Å². The number of nitrogens with one attached hydrogen (secondary N) is 1. The fourth-order valence-corrected chi connectivity index (χ4v) is 4.37. The Balaban J connectivity index is 2.45. The maximum atomic E-state index is 13.8. The summed E-state index contributed by atoms with van der Waals surface area (Å²) in [7, 11) is -3.92. The molecule has 1 N–H and O–H groups in total. The molecule has 0 aliphatic carbocycles. The summed E-state index contributed by atoms with van der Waals surface area (Å²) in [6, 6.07) is 11.0. The van der Waals surface area contributed by atoms with Crippen molar-refractivity contribution in [2.24, 2.45) is 0 Å². The Bertz CT molecular complexity index is 1120. The molecule has 186 valence electrons. The van der Waals surface area contributed by atoms with E-state index in [4.69, 9.17) is 11.6 Å². The van der Waals surface area contributed by atoms with Crippen molar-refractivity contribution in [3.05, 3.63) is 64.9 Å². The van der Waals surface area contributed by atoms with Crippen molar-refractivity contribution in [1.29, 1.82) is 0 Å². The van der Waals surface area contributed by atoms with Gasteiger partial charge in [0.05, 0.1) is 11.9 Å². The maximum absolute atomic E-state index is 13.8. The number of hydrogen-bond donors (Lipinski definition) is 1. The summed E-state index contributed by atoms with van der Waals surface area (Å²) >= 11 is 5.97. The maximum Gasteiger partial charge on any atom is 0.244 e. The minimum atomic E-state index is -3.92. The molecule has 0 aliphatic heterocycles.